The van der Waals surface area contributed by atoms with Gasteiger partial charge in [-0.1, -0.05) is 12.1 Å². The van der Waals surface area contributed by atoms with E-state index in [1.807, 2.05) is 0 Å². The molecular formula is C11H10F3NO. The number of hydrogen-bond acceptors (Lipinski definition) is 1. The fourth-order valence-electron chi connectivity index (χ4n) is 1.89. The number of carbonyl (C=O) groups excluding carboxylic acids is 1. The number of amides is 1. The number of nitrogens with zero attached hydrogens (tertiary/aromatic N) is 1. The maximum absolute atomic E-state index is 12.2. The van der Waals surface area contributed by atoms with Crippen molar-refractivity contribution >= 4 is 5.91 Å². The van der Waals surface area contributed by atoms with Gasteiger partial charge in [-0.05, 0) is 24.1 Å². The van der Waals surface area contributed by atoms with E-state index in [1.54, 1.807) is 25.1 Å². The van der Waals surface area contributed by atoms with Gasteiger partial charge in [0.25, 0.3) is 5.91 Å². The Hall–Kier alpha value is -1.52. The first kappa shape index (κ1) is 11.0. The molecule has 0 aliphatic carbocycles. The van der Waals surface area contributed by atoms with E-state index < -0.39 is 18.6 Å². The molecule has 0 aromatic heterocycles. The second kappa shape index (κ2) is 3.50. The van der Waals surface area contributed by atoms with Gasteiger partial charge in [-0.3, -0.25) is 4.79 Å². The van der Waals surface area contributed by atoms with Crippen LogP contribution < -0.4 is 0 Å². The predicted octanol–water partition coefficient (Wildman–Crippen LogP) is 2.51. The standard InChI is InChI=1S/C11H10F3NO/c1-7-3-2-4-8-9(7)5-15(10(8)16)6-11(12,13)14/h2-4H,5-6H2,1H3. The molecule has 2 nitrogen and oxygen atoms in total. The molecule has 0 bridgehead atoms. The van der Waals surface area contributed by atoms with Crippen LogP contribution in [0.25, 0.3) is 0 Å². The van der Waals surface area contributed by atoms with Crippen molar-refractivity contribution in [2.24, 2.45) is 0 Å². The molecular weight excluding hydrogens is 219 g/mol. The summed E-state index contributed by atoms with van der Waals surface area (Å²) in [5, 5.41) is 0. The Kier molecular flexibility index (Phi) is 2.40. The van der Waals surface area contributed by atoms with E-state index in [0.29, 0.717) is 11.1 Å². The summed E-state index contributed by atoms with van der Waals surface area (Å²) in [6.45, 7) is 0.670. The van der Waals surface area contributed by atoms with E-state index in [2.05, 4.69) is 0 Å². The van der Waals surface area contributed by atoms with Gasteiger partial charge < -0.3 is 4.90 Å². The topological polar surface area (TPSA) is 20.3 Å². The third-order valence-corrected chi connectivity index (χ3v) is 2.65. The number of benzene rings is 1. The van der Waals surface area contributed by atoms with E-state index in [-0.39, 0.29) is 6.54 Å². The van der Waals surface area contributed by atoms with E-state index in [4.69, 9.17) is 0 Å². The first-order chi connectivity index (χ1) is 7.38. The van der Waals surface area contributed by atoms with Crippen molar-refractivity contribution in [3.63, 3.8) is 0 Å². The van der Waals surface area contributed by atoms with Crippen LogP contribution in [0.3, 0.4) is 0 Å². The molecule has 0 spiro atoms. The number of hydrogen-bond donors (Lipinski definition) is 0. The normalized spacial score (nSPS) is 15.5. The van der Waals surface area contributed by atoms with E-state index >= 15 is 0 Å². The monoisotopic (exact) mass is 229 g/mol. The predicted molar refractivity (Wildman–Crippen MR) is 52.0 cm³/mol. The van der Waals surface area contributed by atoms with Gasteiger partial charge >= 0.3 is 6.18 Å². The zero-order valence-corrected chi connectivity index (χ0v) is 8.64. The number of alkyl halides is 3. The zero-order chi connectivity index (χ0) is 11.9. The van der Waals surface area contributed by atoms with Gasteiger partial charge in [0.15, 0.2) is 0 Å². The van der Waals surface area contributed by atoms with Crippen molar-refractivity contribution in [3.05, 3.63) is 34.9 Å². The molecule has 2 rings (SSSR count). The van der Waals surface area contributed by atoms with Gasteiger partial charge in [-0.25, -0.2) is 0 Å². The van der Waals surface area contributed by atoms with Crippen LogP contribution >= 0.6 is 0 Å². The highest BCUT2D eigenvalue weighted by atomic mass is 19.4. The molecule has 1 aliphatic heterocycles. The summed E-state index contributed by atoms with van der Waals surface area (Å²) >= 11 is 0. The van der Waals surface area contributed by atoms with Crippen molar-refractivity contribution in [2.75, 3.05) is 6.54 Å². The SMILES string of the molecule is Cc1cccc2c1CN(CC(F)(F)F)C2=O. The van der Waals surface area contributed by atoms with Gasteiger partial charge in [0.2, 0.25) is 0 Å². The minimum absolute atomic E-state index is 0.0559. The summed E-state index contributed by atoms with van der Waals surface area (Å²) in [5.41, 5.74) is 1.96. The highest BCUT2D eigenvalue weighted by Crippen LogP contribution is 2.28. The maximum atomic E-state index is 12.2. The molecule has 1 aliphatic rings. The van der Waals surface area contributed by atoms with Crippen molar-refractivity contribution in [1.29, 1.82) is 0 Å². The third-order valence-electron chi connectivity index (χ3n) is 2.65. The minimum Gasteiger partial charge on any atom is -0.325 e. The molecule has 1 aromatic rings. The molecule has 0 saturated carbocycles. The van der Waals surface area contributed by atoms with Crippen LogP contribution in [0.2, 0.25) is 0 Å². The average molecular weight is 229 g/mol. The van der Waals surface area contributed by atoms with Crippen LogP contribution in [0.4, 0.5) is 13.2 Å². The van der Waals surface area contributed by atoms with Gasteiger partial charge in [-0.2, -0.15) is 13.2 Å². The highest BCUT2D eigenvalue weighted by Gasteiger charge is 2.37. The lowest BCUT2D eigenvalue weighted by Gasteiger charge is -2.17. The summed E-state index contributed by atoms with van der Waals surface area (Å²) < 4.78 is 36.6. The van der Waals surface area contributed by atoms with Crippen molar-refractivity contribution in [2.45, 2.75) is 19.6 Å². The maximum Gasteiger partial charge on any atom is 0.406 e. The smallest absolute Gasteiger partial charge is 0.325 e. The average Bonchev–Trinajstić information content (AvgIpc) is 2.44. The summed E-state index contributed by atoms with van der Waals surface area (Å²) in [5.74, 6) is -0.531. The summed E-state index contributed by atoms with van der Waals surface area (Å²) in [4.78, 5) is 12.5. The van der Waals surface area contributed by atoms with Crippen LogP contribution in [0, 0.1) is 6.92 Å². The summed E-state index contributed by atoms with van der Waals surface area (Å²) in [7, 11) is 0. The van der Waals surface area contributed by atoms with E-state index in [0.717, 1.165) is 10.5 Å². The number of aryl methyl sites for hydroxylation is 1. The first-order valence-corrected chi connectivity index (χ1v) is 4.83. The highest BCUT2D eigenvalue weighted by molar-refractivity contribution is 5.98. The first-order valence-electron chi connectivity index (χ1n) is 4.83. The Labute approximate surface area is 90.7 Å². The van der Waals surface area contributed by atoms with Gasteiger partial charge in [0.05, 0.1) is 0 Å². The second-order valence-electron chi connectivity index (χ2n) is 3.88. The van der Waals surface area contributed by atoms with Crippen LogP contribution in [0.5, 0.6) is 0 Å². The fourth-order valence-corrected chi connectivity index (χ4v) is 1.89. The molecule has 0 saturated heterocycles. The molecule has 1 amide bonds. The number of halogens is 3. The number of carbonyl (C=O) groups is 1. The molecule has 86 valence electrons. The Balaban J connectivity index is 2.28. The lowest BCUT2D eigenvalue weighted by Crippen LogP contribution is -2.34. The van der Waals surface area contributed by atoms with Crippen LogP contribution in [0.1, 0.15) is 21.5 Å². The number of rotatable bonds is 1. The van der Waals surface area contributed by atoms with Crippen LogP contribution in [-0.4, -0.2) is 23.5 Å². The minimum atomic E-state index is -4.34. The molecule has 0 fully saturated rings. The van der Waals surface area contributed by atoms with Gasteiger partial charge in [0, 0.05) is 12.1 Å². The van der Waals surface area contributed by atoms with Crippen LogP contribution in [0.15, 0.2) is 18.2 Å². The second-order valence-corrected chi connectivity index (χ2v) is 3.88. The Morgan fingerprint density at radius 2 is 2.06 bits per heavy atom. The Morgan fingerprint density at radius 1 is 1.38 bits per heavy atom. The third kappa shape index (κ3) is 1.89. The van der Waals surface area contributed by atoms with E-state index in [9.17, 15) is 18.0 Å². The molecule has 1 heterocycles. The van der Waals surface area contributed by atoms with Gasteiger partial charge in [-0.15, -0.1) is 0 Å². The van der Waals surface area contributed by atoms with Crippen molar-refractivity contribution < 1.29 is 18.0 Å². The molecule has 5 heteroatoms. The molecule has 0 radical (unpaired) electrons. The molecule has 16 heavy (non-hydrogen) atoms. The van der Waals surface area contributed by atoms with E-state index in [1.165, 1.54) is 0 Å². The van der Waals surface area contributed by atoms with Crippen molar-refractivity contribution in [3.8, 4) is 0 Å². The summed E-state index contributed by atoms with van der Waals surface area (Å²) in [6.07, 6.45) is -4.34. The lowest BCUT2D eigenvalue weighted by atomic mass is 10.1. The van der Waals surface area contributed by atoms with Gasteiger partial charge in [0.1, 0.15) is 6.54 Å². The Morgan fingerprint density at radius 3 is 2.62 bits per heavy atom. The zero-order valence-electron chi connectivity index (χ0n) is 8.64. The molecule has 1 aromatic carbocycles. The summed E-state index contributed by atoms with van der Waals surface area (Å²) in [6, 6.07) is 5.05. The quantitative estimate of drug-likeness (QED) is 0.724. The Bertz CT molecular complexity index is 439. The number of fused-ring (bicyclic) bond motifs is 1. The largest absolute Gasteiger partial charge is 0.406 e. The lowest BCUT2D eigenvalue weighted by molar-refractivity contribution is -0.140. The van der Waals surface area contributed by atoms with Crippen molar-refractivity contribution in [1.82, 2.24) is 4.90 Å². The van der Waals surface area contributed by atoms with Crippen LogP contribution in [-0.2, 0) is 6.54 Å². The fraction of sp³-hybridized carbons (Fsp3) is 0.364. The molecule has 0 unspecified atom stereocenters. The molecule has 0 N–H and O–H groups in total. The molecule has 0 atom stereocenters.